The number of rotatable bonds is 5. The van der Waals surface area contributed by atoms with E-state index in [-0.39, 0.29) is 5.91 Å². The number of aromatic nitrogens is 1. The number of amides is 1. The summed E-state index contributed by atoms with van der Waals surface area (Å²) in [4.78, 5) is 19.3. The second-order valence-corrected chi connectivity index (χ2v) is 6.34. The van der Waals surface area contributed by atoms with Crippen LogP contribution in [0.15, 0.2) is 42.6 Å². The van der Waals surface area contributed by atoms with Gasteiger partial charge >= 0.3 is 0 Å². The van der Waals surface area contributed by atoms with Crippen LogP contribution in [-0.2, 0) is 0 Å². The molecule has 1 aromatic carbocycles. The molecule has 1 aromatic heterocycles. The molecule has 1 aliphatic heterocycles. The maximum Gasteiger partial charge on any atom is 0.255 e. The number of benzene rings is 1. The van der Waals surface area contributed by atoms with E-state index in [1.165, 1.54) is 19.3 Å². The van der Waals surface area contributed by atoms with Crippen LogP contribution in [0.1, 0.15) is 43.0 Å². The quantitative estimate of drug-likeness (QED) is 0.890. The molecule has 25 heavy (non-hydrogen) atoms. The highest BCUT2D eigenvalue weighted by molar-refractivity contribution is 6.04. The van der Waals surface area contributed by atoms with Gasteiger partial charge in [0.2, 0.25) is 0 Å². The van der Waals surface area contributed by atoms with Gasteiger partial charge in [0.05, 0.1) is 19.0 Å². The van der Waals surface area contributed by atoms with E-state index in [9.17, 15) is 4.79 Å². The van der Waals surface area contributed by atoms with Crippen molar-refractivity contribution in [2.45, 2.75) is 38.6 Å². The van der Waals surface area contributed by atoms with Crippen LogP contribution in [0.4, 0.5) is 11.5 Å². The Bertz CT molecular complexity index is 715. The molecule has 2 heterocycles. The van der Waals surface area contributed by atoms with Gasteiger partial charge in [-0.3, -0.25) is 4.79 Å². The van der Waals surface area contributed by atoms with Gasteiger partial charge in [0.1, 0.15) is 11.6 Å². The minimum Gasteiger partial charge on any atom is -0.497 e. The van der Waals surface area contributed by atoms with Gasteiger partial charge in [-0.2, -0.15) is 0 Å². The summed E-state index contributed by atoms with van der Waals surface area (Å²) in [6.45, 7) is 3.28. The molecule has 0 radical (unpaired) electrons. The van der Waals surface area contributed by atoms with Crippen molar-refractivity contribution in [2.24, 2.45) is 0 Å². The molecule has 0 saturated carbocycles. The minimum atomic E-state index is -0.169. The normalized spacial score (nSPS) is 17.2. The first kappa shape index (κ1) is 17.3. The molecule has 5 nitrogen and oxygen atoms in total. The molecule has 1 saturated heterocycles. The van der Waals surface area contributed by atoms with Crippen LogP contribution >= 0.6 is 0 Å². The summed E-state index contributed by atoms with van der Waals surface area (Å²) in [6.07, 6.45) is 6.60. The van der Waals surface area contributed by atoms with Crippen molar-refractivity contribution in [1.82, 2.24) is 4.98 Å². The standard InChI is InChI=1S/C20H25N3O2/c1-3-17-8-4-5-12-23(17)19-11-10-16(14-21-19)22-20(24)15-7-6-9-18(13-15)25-2/h6-7,9-11,13-14,17H,3-5,8,12H2,1-2H3,(H,22,24). The monoisotopic (exact) mass is 339 g/mol. The second kappa shape index (κ2) is 8.01. The minimum absolute atomic E-state index is 0.169. The molecule has 132 valence electrons. The lowest BCUT2D eigenvalue weighted by Gasteiger charge is -2.36. The van der Waals surface area contributed by atoms with Gasteiger partial charge in [-0.1, -0.05) is 13.0 Å². The third kappa shape index (κ3) is 4.10. The molecule has 0 spiro atoms. The SMILES string of the molecule is CCC1CCCCN1c1ccc(NC(=O)c2cccc(OC)c2)cn1. The largest absolute Gasteiger partial charge is 0.497 e. The predicted octanol–water partition coefficient (Wildman–Crippen LogP) is 4.11. The van der Waals surface area contributed by atoms with Crippen molar-refractivity contribution < 1.29 is 9.53 Å². The highest BCUT2D eigenvalue weighted by Gasteiger charge is 2.21. The van der Waals surface area contributed by atoms with Crippen molar-refractivity contribution in [3.63, 3.8) is 0 Å². The first-order valence-electron chi connectivity index (χ1n) is 8.89. The Hall–Kier alpha value is -2.56. The summed E-state index contributed by atoms with van der Waals surface area (Å²) in [5.41, 5.74) is 1.26. The molecule has 1 aliphatic rings. The molecule has 0 aliphatic carbocycles. The number of pyridine rings is 1. The van der Waals surface area contributed by atoms with Gasteiger partial charge in [0.25, 0.3) is 5.91 Å². The number of methoxy groups -OCH3 is 1. The molecule has 0 bridgehead atoms. The average molecular weight is 339 g/mol. The number of nitrogens with zero attached hydrogens (tertiary/aromatic N) is 2. The fraction of sp³-hybridized carbons (Fsp3) is 0.400. The molecular weight excluding hydrogens is 314 g/mol. The number of hydrogen-bond donors (Lipinski definition) is 1. The van der Waals surface area contributed by atoms with E-state index < -0.39 is 0 Å². The van der Waals surface area contributed by atoms with E-state index in [1.54, 1.807) is 31.5 Å². The first-order chi connectivity index (χ1) is 12.2. The fourth-order valence-corrected chi connectivity index (χ4v) is 3.32. The van der Waals surface area contributed by atoms with Crippen LogP contribution in [0.5, 0.6) is 5.75 Å². The highest BCUT2D eigenvalue weighted by Crippen LogP contribution is 2.25. The van der Waals surface area contributed by atoms with Crippen LogP contribution in [0.25, 0.3) is 0 Å². The predicted molar refractivity (Wildman–Crippen MR) is 100 cm³/mol. The molecule has 3 rings (SSSR count). The number of anilines is 2. The van der Waals surface area contributed by atoms with Crippen molar-refractivity contribution in [3.05, 3.63) is 48.2 Å². The van der Waals surface area contributed by atoms with Gasteiger partial charge < -0.3 is 15.0 Å². The second-order valence-electron chi connectivity index (χ2n) is 6.34. The van der Waals surface area contributed by atoms with Crippen LogP contribution in [0.2, 0.25) is 0 Å². The molecule has 2 aromatic rings. The molecule has 1 atom stereocenters. The fourth-order valence-electron chi connectivity index (χ4n) is 3.32. The van der Waals surface area contributed by atoms with Crippen molar-refractivity contribution in [1.29, 1.82) is 0 Å². The van der Waals surface area contributed by atoms with Crippen LogP contribution < -0.4 is 15.0 Å². The number of piperidine rings is 1. The number of nitrogens with one attached hydrogen (secondary N) is 1. The zero-order valence-corrected chi connectivity index (χ0v) is 14.9. The van der Waals surface area contributed by atoms with Gasteiger partial charge in [0, 0.05) is 18.2 Å². The van der Waals surface area contributed by atoms with E-state index >= 15 is 0 Å². The van der Waals surface area contributed by atoms with Gasteiger partial charge in [0.15, 0.2) is 0 Å². The summed E-state index contributed by atoms with van der Waals surface area (Å²) in [5, 5.41) is 2.89. The van der Waals surface area contributed by atoms with Crippen LogP contribution in [0.3, 0.4) is 0 Å². The van der Waals surface area contributed by atoms with E-state index in [1.807, 2.05) is 18.2 Å². The summed E-state index contributed by atoms with van der Waals surface area (Å²) in [7, 11) is 1.59. The van der Waals surface area contributed by atoms with Gasteiger partial charge in [-0.25, -0.2) is 4.98 Å². The zero-order chi connectivity index (χ0) is 17.6. The molecule has 1 amide bonds. The van der Waals surface area contributed by atoms with Crippen LogP contribution in [-0.4, -0.2) is 30.6 Å². The molecule has 5 heteroatoms. The third-order valence-electron chi connectivity index (χ3n) is 4.73. The van der Waals surface area contributed by atoms with Crippen molar-refractivity contribution >= 4 is 17.4 Å². The summed E-state index contributed by atoms with van der Waals surface area (Å²) in [5.74, 6) is 1.49. The summed E-state index contributed by atoms with van der Waals surface area (Å²) in [6, 6.07) is 11.6. The van der Waals surface area contributed by atoms with Gasteiger partial charge in [-0.15, -0.1) is 0 Å². The number of carbonyl (C=O) groups is 1. The Labute approximate surface area is 149 Å². The molecule has 1 N–H and O–H groups in total. The maximum absolute atomic E-state index is 12.4. The van der Waals surface area contributed by atoms with Crippen LogP contribution in [0, 0.1) is 0 Å². The Kier molecular flexibility index (Phi) is 5.53. The maximum atomic E-state index is 12.4. The Balaban J connectivity index is 1.68. The smallest absolute Gasteiger partial charge is 0.255 e. The van der Waals surface area contributed by atoms with E-state index in [2.05, 4.69) is 22.1 Å². The van der Waals surface area contributed by atoms with E-state index in [0.29, 0.717) is 23.0 Å². The molecular formula is C20H25N3O2. The Morgan fingerprint density at radius 3 is 2.92 bits per heavy atom. The van der Waals surface area contributed by atoms with E-state index in [4.69, 9.17) is 4.74 Å². The summed E-state index contributed by atoms with van der Waals surface area (Å²) >= 11 is 0. The lowest BCUT2D eigenvalue weighted by atomic mass is 10.00. The lowest BCUT2D eigenvalue weighted by molar-refractivity contribution is 0.102. The topological polar surface area (TPSA) is 54.5 Å². The zero-order valence-electron chi connectivity index (χ0n) is 14.9. The summed E-state index contributed by atoms with van der Waals surface area (Å²) < 4.78 is 5.16. The highest BCUT2D eigenvalue weighted by atomic mass is 16.5. The van der Waals surface area contributed by atoms with Gasteiger partial charge in [-0.05, 0) is 56.0 Å². The third-order valence-corrected chi connectivity index (χ3v) is 4.73. The first-order valence-corrected chi connectivity index (χ1v) is 8.89. The molecule has 1 fully saturated rings. The van der Waals surface area contributed by atoms with Crippen molar-refractivity contribution in [2.75, 3.05) is 23.9 Å². The Morgan fingerprint density at radius 2 is 2.20 bits per heavy atom. The lowest BCUT2D eigenvalue weighted by Crippen LogP contribution is -2.39. The number of ether oxygens (including phenoxy) is 1. The van der Waals surface area contributed by atoms with Crippen molar-refractivity contribution in [3.8, 4) is 5.75 Å². The number of hydrogen-bond acceptors (Lipinski definition) is 4. The molecule has 1 unspecified atom stereocenters. The number of carbonyl (C=O) groups excluding carboxylic acids is 1. The average Bonchev–Trinajstić information content (AvgIpc) is 2.68. The Morgan fingerprint density at radius 1 is 1.32 bits per heavy atom. The van der Waals surface area contributed by atoms with E-state index in [0.717, 1.165) is 18.8 Å².